The molecule has 0 spiro atoms. The zero-order valence-corrected chi connectivity index (χ0v) is 9.64. The smallest absolute Gasteiger partial charge is 0.344 e. The van der Waals surface area contributed by atoms with Gasteiger partial charge in [-0.05, 0) is 13.0 Å². The third kappa shape index (κ3) is 3.72. The van der Waals surface area contributed by atoms with Gasteiger partial charge in [-0.15, -0.1) is 0 Å². The first-order valence-electron chi connectivity index (χ1n) is 4.92. The Morgan fingerprint density at radius 1 is 1.50 bits per heavy atom. The molecule has 0 radical (unpaired) electrons. The molecule has 0 aliphatic rings. The quantitative estimate of drug-likeness (QED) is 0.679. The van der Waals surface area contributed by atoms with Crippen molar-refractivity contribution >= 4 is 11.8 Å². The van der Waals surface area contributed by atoms with Crippen LogP contribution in [0.2, 0.25) is 0 Å². The maximum absolute atomic E-state index is 11.0. The van der Waals surface area contributed by atoms with Crippen LogP contribution in [0.5, 0.6) is 6.01 Å². The lowest BCUT2D eigenvalue weighted by atomic mass is 10.5. The van der Waals surface area contributed by atoms with Gasteiger partial charge in [-0.2, -0.15) is 4.98 Å². The number of anilines is 1. The fourth-order valence-electron chi connectivity index (χ4n) is 0.977. The summed E-state index contributed by atoms with van der Waals surface area (Å²) < 4.78 is 9.80. The van der Waals surface area contributed by atoms with E-state index in [1.807, 2.05) is 19.0 Å². The van der Waals surface area contributed by atoms with Crippen LogP contribution in [0.3, 0.4) is 0 Å². The van der Waals surface area contributed by atoms with Crippen molar-refractivity contribution in [1.82, 2.24) is 9.97 Å². The number of esters is 1. The summed E-state index contributed by atoms with van der Waals surface area (Å²) in [5, 5.41) is 0. The standard InChI is InChI=1S/C10H15N3O3/c1-4-15-9(14)7-16-10-11-6-5-8(12-10)13(2)3/h5-6H,4,7H2,1-3H3. The van der Waals surface area contributed by atoms with E-state index in [4.69, 9.17) is 9.47 Å². The first-order valence-corrected chi connectivity index (χ1v) is 4.92. The third-order valence-corrected chi connectivity index (χ3v) is 1.70. The minimum absolute atomic E-state index is 0.166. The molecule has 0 aliphatic heterocycles. The molecular formula is C10H15N3O3. The van der Waals surface area contributed by atoms with Crippen LogP contribution < -0.4 is 9.64 Å². The van der Waals surface area contributed by atoms with Crippen molar-refractivity contribution in [3.05, 3.63) is 12.3 Å². The van der Waals surface area contributed by atoms with Crippen molar-refractivity contribution in [2.75, 3.05) is 32.2 Å². The first kappa shape index (κ1) is 12.2. The van der Waals surface area contributed by atoms with Crippen LogP contribution in [-0.2, 0) is 9.53 Å². The van der Waals surface area contributed by atoms with Gasteiger partial charge in [0, 0.05) is 20.3 Å². The van der Waals surface area contributed by atoms with E-state index in [-0.39, 0.29) is 12.6 Å². The molecular weight excluding hydrogens is 210 g/mol. The summed E-state index contributed by atoms with van der Waals surface area (Å²) in [6, 6.07) is 1.91. The van der Waals surface area contributed by atoms with Gasteiger partial charge in [0.15, 0.2) is 6.61 Å². The third-order valence-electron chi connectivity index (χ3n) is 1.70. The molecule has 1 aromatic rings. The molecule has 0 aromatic carbocycles. The van der Waals surface area contributed by atoms with Gasteiger partial charge in [-0.25, -0.2) is 9.78 Å². The molecule has 0 unspecified atom stereocenters. The number of hydrogen-bond acceptors (Lipinski definition) is 6. The average Bonchev–Trinajstić information content (AvgIpc) is 2.27. The Balaban J connectivity index is 2.54. The van der Waals surface area contributed by atoms with Crippen LogP contribution >= 0.6 is 0 Å². The van der Waals surface area contributed by atoms with Crippen LogP contribution in [0.25, 0.3) is 0 Å². The molecule has 0 bridgehead atoms. The predicted octanol–water partition coefficient (Wildman–Crippen LogP) is 0.484. The minimum Gasteiger partial charge on any atom is -0.463 e. The second-order valence-corrected chi connectivity index (χ2v) is 3.19. The predicted molar refractivity (Wildman–Crippen MR) is 58.5 cm³/mol. The number of nitrogens with zero attached hydrogens (tertiary/aromatic N) is 3. The van der Waals surface area contributed by atoms with Crippen molar-refractivity contribution in [3.63, 3.8) is 0 Å². The fourth-order valence-corrected chi connectivity index (χ4v) is 0.977. The summed E-state index contributed by atoms with van der Waals surface area (Å²) in [7, 11) is 3.72. The Labute approximate surface area is 94.2 Å². The Bertz CT molecular complexity index is 355. The van der Waals surface area contributed by atoms with Crippen molar-refractivity contribution in [3.8, 4) is 6.01 Å². The normalized spacial score (nSPS) is 9.69. The molecule has 1 heterocycles. The van der Waals surface area contributed by atoms with Gasteiger partial charge in [0.25, 0.3) is 0 Å². The van der Waals surface area contributed by atoms with Crippen molar-refractivity contribution in [2.24, 2.45) is 0 Å². The van der Waals surface area contributed by atoms with Crippen molar-refractivity contribution in [2.45, 2.75) is 6.92 Å². The van der Waals surface area contributed by atoms with Crippen LogP contribution in [0.1, 0.15) is 6.92 Å². The van der Waals surface area contributed by atoms with Gasteiger partial charge in [0.1, 0.15) is 5.82 Å². The van der Waals surface area contributed by atoms with Crippen molar-refractivity contribution < 1.29 is 14.3 Å². The Morgan fingerprint density at radius 2 is 2.25 bits per heavy atom. The molecule has 0 N–H and O–H groups in total. The molecule has 0 atom stereocenters. The Morgan fingerprint density at radius 3 is 2.88 bits per heavy atom. The molecule has 1 rings (SSSR count). The van der Waals surface area contributed by atoms with E-state index in [2.05, 4.69) is 9.97 Å². The maximum atomic E-state index is 11.0. The SMILES string of the molecule is CCOC(=O)COc1nccc(N(C)C)n1. The number of carbonyl (C=O) groups is 1. The van der Waals surface area contributed by atoms with Crippen LogP contribution in [0.4, 0.5) is 5.82 Å². The lowest BCUT2D eigenvalue weighted by Gasteiger charge is -2.11. The van der Waals surface area contributed by atoms with E-state index in [1.54, 1.807) is 19.2 Å². The summed E-state index contributed by atoms with van der Waals surface area (Å²) in [5.41, 5.74) is 0. The van der Waals surface area contributed by atoms with Crippen LogP contribution in [0, 0.1) is 0 Å². The molecule has 0 fully saturated rings. The van der Waals surface area contributed by atoms with E-state index in [9.17, 15) is 4.79 Å². The highest BCUT2D eigenvalue weighted by Crippen LogP contribution is 2.09. The highest BCUT2D eigenvalue weighted by Gasteiger charge is 2.06. The summed E-state index contributed by atoms with van der Waals surface area (Å²) in [6.45, 7) is 1.90. The molecule has 6 heteroatoms. The molecule has 16 heavy (non-hydrogen) atoms. The number of hydrogen-bond donors (Lipinski definition) is 0. The maximum Gasteiger partial charge on any atom is 0.344 e. The van der Waals surface area contributed by atoms with Gasteiger partial charge >= 0.3 is 12.0 Å². The molecule has 0 saturated carbocycles. The second kappa shape index (κ2) is 5.89. The zero-order valence-electron chi connectivity index (χ0n) is 9.64. The van der Waals surface area contributed by atoms with E-state index in [0.717, 1.165) is 0 Å². The lowest BCUT2D eigenvalue weighted by molar-refractivity contribution is -0.145. The Hall–Kier alpha value is -1.85. The molecule has 0 saturated heterocycles. The van der Waals surface area contributed by atoms with Gasteiger partial charge in [0.05, 0.1) is 6.61 Å². The molecule has 6 nitrogen and oxygen atoms in total. The zero-order chi connectivity index (χ0) is 12.0. The van der Waals surface area contributed by atoms with Crippen LogP contribution in [0.15, 0.2) is 12.3 Å². The molecule has 0 aliphatic carbocycles. The van der Waals surface area contributed by atoms with E-state index >= 15 is 0 Å². The number of aromatic nitrogens is 2. The van der Waals surface area contributed by atoms with Gasteiger partial charge in [-0.3, -0.25) is 0 Å². The topological polar surface area (TPSA) is 64.6 Å². The highest BCUT2D eigenvalue weighted by molar-refractivity contribution is 5.70. The molecule has 88 valence electrons. The second-order valence-electron chi connectivity index (χ2n) is 3.19. The van der Waals surface area contributed by atoms with E-state index in [1.165, 1.54) is 0 Å². The van der Waals surface area contributed by atoms with E-state index in [0.29, 0.717) is 12.4 Å². The largest absolute Gasteiger partial charge is 0.463 e. The summed E-state index contributed by atoms with van der Waals surface area (Å²) in [5.74, 6) is 0.287. The molecule has 0 amide bonds. The average molecular weight is 225 g/mol. The monoisotopic (exact) mass is 225 g/mol. The van der Waals surface area contributed by atoms with E-state index < -0.39 is 5.97 Å². The minimum atomic E-state index is -0.429. The van der Waals surface area contributed by atoms with Gasteiger partial charge in [-0.1, -0.05) is 0 Å². The Kier molecular flexibility index (Phi) is 4.50. The number of ether oxygens (including phenoxy) is 2. The lowest BCUT2D eigenvalue weighted by Crippen LogP contribution is -2.17. The number of rotatable bonds is 5. The highest BCUT2D eigenvalue weighted by atomic mass is 16.6. The van der Waals surface area contributed by atoms with Crippen LogP contribution in [-0.4, -0.2) is 43.2 Å². The van der Waals surface area contributed by atoms with Gasteiger partial charge in [0.2, 0.25) is 0 Å². The summed E-state index contributed by atoms with van der Waals surface area (Å²) in [6.07, 6.45) is 1.57. The fraction of sp³-hybridized carbons (Fsp3) is 0.500. The number of carbonyl (C=O) groups excluding carboxylic acids is 1. The summed E-state index contributed by atoms with van der Waals surface area (Å²) >= 11 is 0. The van der Waals surface area contributed by atoms with Gasteiger partial charge < -0.3 is 14.4 Å². The first-order chi connectivity index (χ1) is 7.63. The van der Waals surface area contributed by atoms with Crippen molar-refractivity contribution in [1.29, 1.82) is 0 Å². The molecule has 1 aromatic heterocycles. The summed E-state index contributed by atoms with van der Waals surface area (Å²) in [4.78, 5) is 20.8.